The Labute approximate surface area is 120 Å². The number of hydrogen-bond acceptors (Lipinski definition) is 3. The molecule has 5 heteroatoms. The lowest BCUT2D eigenvalue weighted by Gasteiger charge is -2.16. The van der Waals surface area contributed by atoms with E-state index >= 15 is 0 Å². The van der Waals surface area contributed by atoms with Crippen molar-refractivity contribution >= 4 is 22.5 Å². The second kappa shape index (κ2) is 5.20. The van der Waals surface area contributed by atoms with Gasteiger partial charge in [0.2, 0.25) is 5.43 Å². The Kier molecular flexibility index (Phi) is 3.23. The van der Waals surface area contributed by atoms with Crippen LogP contribution in [-0.2, 0) is 0 Å². The van der Waals surface area contributed by atoms with Crippen molar-refractivity contribution in [3.05, 3.63) is 70.5 Å². The van der Waals surface area contributed by atoms with Gasteiger partial charge in [0.1, 0.15) is 0 Å². The molecule has 3 aromatic rings. The van der Waals surface area contributed by atoms with Crippen LogP contribution in [0.15, 0.2) is 59.4 Å². The zero-order valence-corrected chi connectivity index (χ0v) is 11.4. The van der Waals surface area contributed by atoms with Gasteiger partial charge in [-0.15, -0.1) is 0 Å². The van der Waals surface area contributed by atoms with Gasteiger partial charge in [0.05, 0.1) is 5.52 Å². The number of aromatic amines is 1. The summed E-state index contributed by atoms with van der Waals surface area (Å²) in [6, 6.07) is 16.1. The number of aromatic nitrogens is 2. The molecule has 0 aliphatic heterocycles. The summed E-state index contributed by atoms with van der Waals surface area (Å²) in [7, 11) is 1.62. The molecule has 0 aliphatic carbocycles. The first-order chi connectivity index (χ1) is 10.2. The number of fused-ring (bicyclic) bond motifs is 1. The molecule has 0 aliphatic rings. The molecule has 1 heterocycles. The number of amides is 1. The summed E-state index contributed by atoms with van der Waals surface area (Å²) in [5, 5.41) is 7.13. The second-order valence-corrected chi connectivity index (χ2v) is 4.65. The lowest BCUT2D eigenvalue weighted by Crippen LogP contribution is -2.32. The zero-order valence-electron chi connectivity index (χ0n) is 11.4. The average molecular weight is 279 g/mol. The number of para-hydroxylation sites is 2. The molecule has 21 heavy (non-hydrogen) atoms. The minimum absolute atomic E-state index is 0.111. The number of anilines is 1. The Hall–Kier alpha value is -2.95. The van der Waals surface area contributed by atoms with Crippen molar-refractivity contribution < 1.29 is 4.79 Å². The van der Waals surface area contributed by atoms with Crippen molar-refractivity contribution in [3.8, 4) is 0 Å². The highest BCUT2D eigenvalue weighted by Crippen LogP contribution is 2.13. The number of benzene rings is 2. The van der Waals surface area contributed by atoms with E-state index in [1.807, 2.05) is 18.2 Å². The molecule has 0 spiro atoms. The largest absolute Gasteiger partial charge is 0.310 e. The van der Waals surface area contributed by atoms with E-state index in [-0.39, 0.29) is 11.1 Å². The molecule has 0 radical (unpaired) electrons. The highest BCUT2D eigenvalue weighted by atomic mass is 16.2. The first kappa shape index (κ1) is 13.1. The Morgan fingerprint density at radius 3 is 2.48 bits per heavy atom. The zero-order chi connectivity index (χ0) is 14.8. The Morgan fingerprint density at radius 2 is 1.71 bits per heavy atom. The van der Waals surface area contributed by atoms with Gasteiger partial charge in [0, 0.05) is 18.1 Å². The summed E-state index contributed by atoms with van der Waals surface area (Å²) in [6.07, 6.45) is 0. The van der Waals surface area contributed by atoms with Crippen molar-refractivity contribution in [2.24, 2.45) is 0 Å². The summed E-state index contributed by atoms with van der Waals surface area (Å²) < 4.78 is 0. The molecule has 2 aromatic carbocycles. The van der Waals surface area contributed by atoms with Gasteiger partial charge in [-0.25, -0.2) is 0 Å². The van der Waals surface area contributed by atoms with Crippen molar-refractivity contribution in [1.82, 2.24) is 10.2 Å². The predicted octanol–water partition coefficient (Wildman–Crippen LogP) is 2.20. The quantitative estimate of drug-likeness (QED) is 0.782. The van der Waals surface area contributed by atoms with Gasteiger partial charge in [-0.2, -0.15) is 5.10 Å². The van der Waals surface area contributed by atoms with Gasteiger partial charge in [-0.05, 0) is 24.3 Å². The lowest BCUT2D eigenvalue weighted by molar-refractivity contribution is 0.0986. The van der Waals surface area contributed by atoms with Crippen LogP contribution in [0.25, 0.3) is 10.9 Å². The fourth-order valence-electron chi connectivity index (χ4n) is 2.15. The Morgan fingerprint density at radius 1 is 1.05 bits per heavy atom. The van der Waals surface area contributed by atoms with Crippen molar-refractivity contribution in [2.75, 3.05) is 11.9 Å². The fourth-order valence-corrected chi connectivity index (χ4v) is 2.15. The SMILES string of the molecule is CN(C(=O)c1n[nH]c2ccccc2c1=O)c1ccccc1. The average Bonchev–Trinajstić information content (AvgIpc) is 2.55. The molecule has 1 amide bonds. The van der Waals surface area contributed by atoms with Crippen LogP contribution in [0.3, 0.4) is 0 Å². The molecule has 0 fully saturated rings. The van der Waals surface area contributed by atoms with Crippen LogP contribution in [0.2, 0.25) is 0 Å². The molecule has 104 valence electrons. The number of carbonyl (C=O) groups is 1. The minimum atomic E-state index is -0.437. The van der Waals surface area contributed by atoms with E-state index in [4.69, 9.17) is 0 Å². The topological polar surface area (TPSA) is 66.1 Å². The predicted molar refractivity (Wildman–Crippen MR) is 81.5 cm³/mol. The number of H-pyrrole nitrogens is 1. The van der Waals surface area contributed by atoms with Crippen LogP contribution >= 0.6 is 0 Å². The standard InChI is InChI=1S/C16H13N3O2/c1-19(11-7-3-2-4-8-11)16(21)14-15(20)12-9-5-6-10-13(12)17-18-14/h2-10H,1H3,(H,17,20). The number of rotatable bonds is 2. The van der Waals surface area contributed by atoms with Crippen LogP contribution in [0, 0.1) is 0 Å². The third-order valence-electron chi connectivity index (χ3n) is 3.33. The smallest absolute Gasteiger partial charge is 0.282 e. The van der Waals surface area contributed by atoms with Crippen LogP contribution in [0.5, 0.6) is 0 Å². The maximum atomic E-state index is 12.5. The maximum absolute atomic E-state index is 12.5. The fraction of sp³-hybridized carbons (Fsp3) is 0.0625. The lowest BCUT2D eigenvalue weighted by atomic mass is 10.2. The number of carbonyl (C=O) groups excluding carboxylic acids is 1. The van der Waals surface area contributed by atoms with Gasteiger partial charge in [0.15, 0.2) is 5.69 Å². The highest BCUT2D eigenvalue weighted by molar-refractivity contribution is 6.05. The van der Waals surface area contributed by atoms with Gasteiger partial charge in [0.25, 0.3) is 5.91 Å². The van der Waals surface area contributed by atoms with Gasteiger partial charge < -0.3 is 4.90 Å². The van der Waals surface area contributed by atoms with E-state index in [1.165, 1.54) is 4.90 Å². The van der Waals surface area contributed by atoms with Crippen LogP contribution in [0.4, 0.5) is 5.69 Å². The summed E-state index contributed by atoms with van der Waals surface area (Å²) in [5.41, 5.74) is 0.843. The maximum Gasteiger partial charge on any atom is 0.282 e. The summed E-state index contributed by atoms with van der Waals surface area (Å²) in [5.74, 6) is -0.437. The number of hydrogen-bond donors (Lipinski definition) is 1. The molecular formula is C16H13N3O2. The van der Waals surface area contributed by atoms with Crippen molar-refractivity contribution in [2.45, 2.75) is 0 Å². The molecule has 0 atom stereocenters. The molecule has 5 nitrogen and oxygen atoms in total. The highest BCUT2D eigenvalue weighted by Gasteiger charge is 2.19. The van der Waals surface area contributed by atoms with Crippen molar-refractivity contribution in [3.63, 3.8) is 0 Å². The van der Waals surface area contributed by atoms with E-state index in [2.05, 4.69) is 10.2 Å². The first-order valence-electron chi connectivity index (χ1n) is 6.49. The second-order valence-electron chi connectivity index (χ2n) is 4.65. The summed E-state index contributed by atoms with van der Waals surface area (Å²) in [6.45, 7) is 0. The van der Waals surface area contributed by atoms with E-state index in [9.17, 15) is 9.59 Å². The van der Waals surface area contributed by atoms with Crippen LogP contribution in [-0.4, -0.2) is 23.2 Å². The molecule has 1 aromatic heterocycles. The molecule has 0 unspecified atom stereocenters. The monoisotopic (exact) mass is 279 g/mol. The van der Waals surface area contributed by atoms with Crippen LogP contribution in [0.1, 0.15) is 10.5 Å². The summed E-state index contributed by atoms with van der Waals surface area (Å²) in [4.78, 5) is 26.2. The van der Waals surface area contributed by atoms with Crippen molar-refractivity contribution in [1.29, 1.82) is 0 Å². The molecular weight excluding hydrogens is 266 g/mol. The molecule has 0 bridgehead atoms. The Bertz CT molecular complexity index is 856. The van der Waals surface area contributed by atoms with Crippen LogP contribution < -0.4 is 10.3 Å². The van der Waals surface area contributed by atoms with Gasteiger partial charge in [-0.3, -0.25) is 14.7 Å². The molecule has 0 saturated carbocycles. The third kappa shape index (κ3) is 2.29. The molecule has 3 rings (SSSR count). The number of nitrogens with zero attached hydrogens (tertiary/aromatic N) is 2. The summed E-state index contributed by atoms with van der Waals surface area (Å²) >= 11 is 0. The van der Waals surface area contributed by atoms with Gasteiger partial charge in [-0.1, -0.05) is 30.3 Å². The van der Waals surface area contributed by atoms with Gasteiger partial charge >= 0.3 is 0 Å². The van der Waals surface area contributed by atoms with E-state index in [1.54, 1.807) is 43.4 Å². The first-order valence-corrected chi connectivity index (χ1v) is 6.49. The van der Waals surface area contributed by atoms with E-state index in [0.29, 0.717) is 16.6 Å². The minimum Gasteiger partial charge on any atom is -0.310 e. The number of nitrogens with one attached hydrogen (secondary N) is 1. The van der Waals surface area contributed by atoms with E-state index in [0.717, 1.165) is 0 Å². The molecule has 0 saturated heterocycles. The Balaban J connectivity index is 2.06. The van der Waals surface area contributed by atoms with E-state index < -0.39 is 5.91 Å². The normalized spacial score (nSPS) is 10.5. The third-order valence-corrected chi connectivity index (χ3v) is 3.33. The molecule has 1 N–H and O–H groups in total.